The molecule has 1 rings (SSSR count). The van der Waals surface area contributed by atoms with E-state index in [9.17, 15) is 13.2 Å². The third-order valence-corrected chi connectivity index (χ3v) is 4.37. The fraction of sp³-hybridized carbons (Fsp3) is 0.375. The Bertz CT molecular complexity index is 580. The van der Waals surface area contributed by atoms with Crippen molar-refractivity contribution >= 4 is 53.9 Å². The second-order valence-electron chi connectivity index (χ2n) is 3.40. The number of hydrogen-bond acceptors (Lipinski definition) is 5. The molecule has 0 aliphatic rings. The fourth-order valence-corrected chi connectivity index (χ4v) is 2.91. The molecule has 0 bridgehead atoms. The minimum atomic E-state index is -3.87. The number of rotatable bonds is 6. The Morgan fingerprint density at radius 3 is 2.68 bits per heavy atom. The maximum absolute atomic E-state index is 11.9. The number of aliphatic carboxylic acids is 1. The number of anilines is 1. The average molecular weight is 418 g/mol. The zero-order valence-corrected chi connectivity index (χ0v) is 13.7. The van der Waals surface area contributed by atoms with Crippen molar-refractivity contribution in [3.63, 3.8) is 0 Å². The van der Waals surface area contributed by atoms with Crippen LogP contribution in [0.15, 0.2) is 15.4 Å². The van der Waals surface area contributed by atoms with Crippen molar-refractivity contribution in [2.75, 3.05) is 18.3 Å². The van der Waals surface area contributed by atoms with Gasteiger partial charge in [0.25, 0.3) is 0 Å². The Hall–Kier alpha value is -0.780. The van der Waals surface area contributed by atoms with Gasteiger partial charge in [-0.15, -0.1) is 0 Å². The zero-order valence-electron chi connectivity index (χ0n) is 9.67. The number of hydrogen-bond donors (Lipinski definition) is 2. The van der Waals surface area contributed by atoms with E-state index >= 15 is 0 Å². The molecule has 0 aliphatic heterocycles. The maximum atomic E-state index is 11.9. The van der Waals surface area contributed by atoms with Crippen LogP contribution in [0, 0.1) is 0 Å². The third-order valence-electron chi connectivity index (χ3n) is 1.98. The monoisotopic (exact) mass is 416 g/mol. The van der Waals surface area contributed by atoms with Gasteiger partial charge in [-0.1, -0.05) is 0 Å². The first-order valence-electron chi connectivity index (χ1n) is 4.86. The molecule has 0 aromatic carbocycles. The van der Waals surface area contributed by atoms with E-state index in [4.69, 9.17) is 5.11 Å². The van der Waals surface area contributed by atoms with Crippen LogP contribution in [-0.4, -0.2) is 47.4 Å². The highest BCUT2D eigenvalue weighted by Gasteiger charge is 2.20. The molecule has 0 unspecified atom stereocenters. The molecule has 1 heterocycles. The number of carboxylic acid groups (broad SMARTS) is 1. The second-order valence-corrected chi connectivity index (χ2v) is 6.75. The molecule has 1 aromatic rings. The minimum absolute atomic E-state index is 0.0189. The van der Waals surface area contributed by atoms with Gasteiger partial charge in [0, 0.05) is 13.6 Å². The zero-order chi connectivity index (χ0) is 14.6. The van der Waals surface area contributed by atoms with E-state index in [-0.39, 0.29) is 23.4 Å². The smallest absolute Gasteiger partial charge is 0.304 e. The van der Waals surface area contributed by atoms with Gasteiger partial charge < -0.3 is 5.11 Å². The molecule has 11 heteroatoms. The van der Waals surface area contributed by atoms with Crippen molar-refractivity contribution in [3.8, 4) is 0 Å². The van der Waals surface area contributed by atoms with Gasteiger partial charge in [0.15, 0.2) is 10.4 Å². The van der Waals surface area contributed by atoms with Crippen LogP contribution >= 0.6 is 31.9 Å². The Morgan fingerprint density at radius 2 is 2.16 bits per heavy atom. The Labute approximate surface area is 126 Å². The van der Waals surface area contributed by atoms with Crippen LogP contribution in [0.3, 0.4) is 0 Å². The average Bonchev–Trinajstić information content (AvgIpc) is 2.29. The molecule has 2 N–H and O–H groups in total. The quantitative estimate of drug-likeness (QED) is 0.715. The van der Waals surface area contributed by atoms with Crippen LogP contribution in [0.4, 0.5) is 5.82 Å². The highest BCUT2D eigenvalue weighted by Crippen LogP contribution is 2.20. The topological polar surface area (TPSA) is 112 Å². The summed E-state index contributed by atoms with van der Waals surface area (Å²) in [6.07, 6.45) is 1.05. The molecule has 0 radical (unpaired) electrons. The van der Waals surface area contributed by atoms with Crippen molar-refractivity contribution in [1.29, 1.82) is 0 Å². The highest BCUT2D eigenvalue weighted by molar-refractivity contribution is 9.11. The molecule has 0 amide bonds. The molecule has 0 spiro atoms. The van der Waals surface area contributed by atoms with E-state index < -0.39 is 16.2 Å². The van der Waals surface area contributed by atoms with Crippen molar-refractivity contribution in [2.45, 2.75) is 6.42 Å². The van der Waals surface area contributed by atoms with E-state index in [0.717, 1.165) is 4.31 Å². The number of nitrogens with zero attached hydrogens (tertiary/aromatic N) is 3. The number of carbonyl (C=O) groups is 1. The summed E-state index contributed by atoms with van der Waals surface area (Å²) in [5.74, 6) is -1.06. The molecule has 0 atom stereocenters. The first-order chi connectivity index (χ1) is 8.72. The highest BCUT2D eigenvalue weighted by atomic mass is 79.9. The first-order valence-corrected chi connectivity index (χ1v) is 7.89. The summed E-state index contributed by atoms with van der Waals surface area (Å²) in [6, 6.07) is 0. The van der Waals surface area contributed by atoms with Crippen LogP contribution in [0.1, 0.15) is 6.42 Å². The predicted octanol–water partition coefficient (Wildman–Crippen LogP) is 1.06. The molecule has 0 aliphatic carbocycles. The second kappa shape index (κ2) is 6.59. The summed E-state index contributed by atoms with van der Waals surface area (Å²) in [6.45, 7) is -0.147. The van der Waals surface area contributed by atoms with E-state index in [1.807, 2.05) is 0 Å². The van der Waals surface area contributed by atoms with Gasteiger partial charge >= 0.3 is 16.2 Å². The van der Waals surface area contributed by atoms with Crippen molar-refractivity contribution in [2.24, 2.45) is 0 Å². The fourth-order valence-electron chi connectivity index (χ4n) is 0.988. The molecular formula is C8H10Br2N4O4S. The summed E-state index contributed by atoms with van der Waals surface area (Å²) >= 11 is 6.16. The lowest BCUT2D eigenvalue weighted by Gasteiger charge is -2.17. The normalized spacial score (nSPS) is 11.6. The Kier molecular flexibility index (Phi) is 5.64. The van der Waals surface area contributed by atoms with E-state index in [2.05, 4.69) is 46.5 Å². The molecule has 0 fully saturated rings. The maximum Gasteiger partial charge on any atom is 0.304 e. The third kappa shape index (κ3) is 5.01. The van der Waals surface area contributed by atoms with Crippen molar-refractivity contribution < 1.29 is 18.3 Å². The van der Waals surface area contributed by atoms with Crippen LogP contribution in [0.5, 0.6) is 0 Å². The summed E-state index contributed by atoms with van der Waals surface area (Å²) in [5, 5.41) is 8.52. The van der Waals surface area contributed by atoms with Crippen LogP contribution in [0.25, 0.3) is 0 Å². The molecule has 1 aromatic heterocycles. The van der Waals surface area contributed by atoms with E-state index in [0.29, 0.717) is 4.60 Å². The van der Waals surface area contributed by atoms with E-state index in [1.165, 1.54) is 13.2 Å². The number of aromatic nitrogens is 2. The summed E-state index contributed by atoms with van der Waals surface area (Å²) < 4.78 is 27.5. The molecular weight excluding hydrogens is 408 g/mol. The van der Waals surface area contributed by atoms with Crippen LogP contribution < -0.4 is 4.72 Å². The first kappa shape index (κ1) is 16.3. The number of carboxylic acids is 1. The van der Waals surface area contributed by atoms with Gasteiger partial charge in [-0.3, -0.25) is 9.52 Å². The van der Waals surface area contributed by atoms with Gasteiger partial charge in [-0.25, -0.2) is 9.97 Å². The predicted molar refractivity (Wildman–Crippen MR) is 74.9 cm³/mol. The van der Waals surface area contributed by atoms with Gasteiger partial charge in [0.2, 0.25) is 0 Å². The molecule has 106 valence electrons. The number of halogens is 2. The van der Waals surface area contributed by atoms with Gasteiger partial charge in [-0.2, -0.15) is 12.7 Å². The SMILES string of the molecule is CN(CCC(=O)O)S(=O)(=O)Nc1ncc(Br)nc1Br. The summed E-state index contributed by atoms with van der Waals surface area (Å²) in [5.41, 5.74) is 0. The Balaban J connectivity index is 2.81. The lowest BCUT2D eigenvalue weighted by atomic mass is 10.4. The lowest BCUT2D eigenvalue weighted by Crippen LogP contribution is -2.34. The van der Waals surface area contributed by atoms with Crippen molar-refractivity contribution in [1.82, 2.24) is 14.3 Å². The summed E-state index contributed by atoms with van der Waals surface area (Å²) in [7, 11) is -2.60. The van der Waals surface area contributed by atoms with Gasteiger partial charge in [0.05, 0.1) is 12.6 Å². The molecule has 19 heavy (non-hydrogen) atoms. The van der Waals surface area contributed by atoms with Gasteiger partial charge in [-0.05, 0) is 31.9 Å². The molecule has 0 saturated heterocycles. The summed E-state index contributed by atoms with van der Waals surface area (Å²) in [4.78, 5) is 18.2. The Morgan fingerprint density at radius 1 is 1.53 bits per heavy atom. The molecule has 0 saturated carbocycles. The lowest BCUT2D eigenvalue weighted by molar-refractivity contribution is -0.137. The van der Waals surface area contributed by atoms with Crippen LogP contribution in [-0.2, 0) is 15.0 Å². The van der Waals surface area contributed by atoms with Gasteiger partial charge in [0.1, 0.15) is 4.60 Å². The standard InChI is InChI=1S/C8H10Br2N4O4S/c1-14(3-2-6(15)16)19(17,18)13-8-7(10)12-5(9)4-11-8/h4H,2-3H2,1H3,(H,11,13)(H,15,16). The van der Waals surface area contributed by atoms with Crippen LogP contribution in [0.2, 0.25) is 0 Å². The van der Waals surface area contributed by atoms with Crippen molar-refractivity contribution in [3.05, 3.63) is 15.4 Å². The minimum Gasteiger partial charge on any atom is -0.481 e. The van der Waals surface area contributed by atoms with E-state index in [1.54, 1.807) is 0 Å². The number of nitrogens with one attached hydrogen (secondary N) is 1. The largest absolute Gasteiger partial charge is 0.481 e. The molecule has 8 nitrogen and oxygen atoms in total.